The molecule has 8 nitrogen and oxygen atoms in total. The zero-order valence-corrected chi connectivity index (χ0v) is 17.8. The summed E-state index contributed by atoms with van der Waals surface area (Å²) in [6.45, 7) is 4.42. The van der Waals surface area contributed by atoms with E-state index in [-0.39, 0.29) is 35.8 Å². The lowest BCUT2D eigenvalue weighted by Gasteiger charge is -2.24. The van der Waals surface area contributed by atoms with Crippen molar-refractivity contribution in [3.05, 3.63) is 24.4 Å². The number of hydrogen-bond acceptors (Lipinski definition) is 8. The first-order valence-electron chi connectivity index (χ1n) is 8.52. The fourth-order valence-corrected chi connectivity index (χ4v) is 6.13. The molecular formula is C16H24N3O5PS2. The molecule has 27 heavy (non-hydrogen) atoms. The molecule has 0 bridgehead atoms. The lowest BCUT2D eigenvalue weighted by molar-refractivity contribution is -0.203. The average Bonchev–Trinajstić information content (AvgIpc) is 3.03. The molecule has 150 valence electrons. The molecule has 1 aliphatic rings. The quantitative estimate of drug-likeness (QED) is 0.425. The maximum Gasteiger partial charge on any atom is 0.335 e. The third-order valence-corrected chi connectivity index (χ3v) is 8.84. The van der Waals surface area contributed by atoms with Crippen molar-refractivity contribution >= 4 is 40.8 Å². The van der Waals surface area contributed by atoms with Gasteiger partial charge in [-0.3, -0.25) is 9.36 Å². The van der Waals surface area contributed by atoms with Crippen LogP contribution in [0.3, 0.4) is 0 Å². The van der Waals surface area contributed by atoms with Gasteiger partial charge in [0, 0.05) is 36.2 Å². The summed E-state index contributed by atoms with van der Waals surface area (Å²) in [5.74, 6) is -1.04. The monoisotopic (exact) mass is 433 g/mol. The lowest BCUT2D eigenvalue weighted by Crippen LogP contribution is -2.36. The highest BCUT2D eigenvalue weighted by molar-refractivity contribution is 8.77. The number of rotatable bonds is 10. The molecule has 1 saturated heterocycles. The molecule has 1 amide bonds. The smallest absolute Gasteiger partial charge is 0.335 e. The largest absolute Gasteiger partial charge is 0.344 e. The number of aromatic nitrogens is 1. The fraction of sp³-hybridized carbons (Fsp3) is 0.562. The van der Waals surface area contributed by atoms with E-state index in [9.17, 15) is 19.0 Å². The standard InChI is InChI=1S/C16H24N3O5PS2/c1-16(2,27-26-13-5-3-4-9-17-13)8-12-25(22,23)11-7-15(21)24-19-14(20)6-10-18-19/h3-5,9,18H,6-8,10-12H2,1-2H3,(H,22,23). The Morgan fingerprint density at radius 1 is 1.44 bits per heavy atom. The lowest BCUT2D eigenvalue weighted by atomic mass is 10.1. The summed E-state index contributed by atoms with van der Waals surface area (Å²) in [6.07, 6.45) is 2.24. The number of hydrogen-bond donors (Lipinski definition) is 2. The van der Waals surface area contributed by atoms with Gasteiger partial charge in [-0.2, -0.15) is 5.43 Å². The van der Waals surface area contributed by atoms with Crippen LogP contribution in [0.2, 0.25) is 0 Å². The third-order valence-electron chi connectivity index (χ3n) is 3.73. The van der Waals surface area contributed by atoms with E-state index < -0.39 is 13.3 Å². The van der Waals surface area contributed by atoms with Gasteiger partial charge in [-0.1, -0.05) is 22.0 Å². The van der Waals surface area contributed by atoms with Gasteiger partial charge in [0.1, 0.15) is 5.03 Å². The number of hydrazine groups is 1. The normalized spacial score (nSPS) is 17.0. The van der Waals surface area contributed by atoms with E-state index >= 15 is 0 Å². The number of hydroxylamine groups is 1. The summed E-state index contributed by atoms with van der Waals surface area (Å²) in [7, 11) is -0.335. The summed E-state index contributed by atoms with van der Waals surface area (Å²) >= 11 is 0. The van der Waals surface area contributed by atoms with Gasteiger partial charge in [-0.05, 0) is 43.2 Å². The molecule has 0 radical (unpaired) electrons. The Bertz CT molecular complexity index is 705. The Morgan fingerprint density at radius 2 is 2.22 bits per heavy atom. The Morgan fingerprint density at radius 3 is 2.85 bits per heavy atom. The molecule has 2 N–H and O–H groups in total. The first kappa shape index (κ1) is 22.2. The second kappa shape index (κ2) is 9.93. The van der Waals surface area contributed by atoms with Crippen LogP contribution in [0.25, 0.3) is 0 Å². The highest BCUT2D eigenvalue weighted by atomic mass is 33.1. The van der Waals surface area contributed by atoms with E-state index in [1.165, 1.54) is 10.8 Å². The zero-order chi connectivity index (χ0) is 19.9. The Balaban J connectivity index is 1.71. The highest BCUT2D eigenvalue weighted by Gasteiger charge is 2.28. The molecule has 2 heterocycles. The van der Waals surface area contributed by atoms with Crippen molar-refractivity contribution in [2.45, 2.75) is 42.9 Å². The minimum atomic E-state index is -3.46. The second-order valence-electron chi connectivity index (χ2n) is 6.70. The van der Waals surface area contributed by atoms with Crippen molar-refractivity contribution in [1.29, 1.82) is 0 Å². The number of carbonyl (C=O) groups excluding carboxylic acids is 2. The van der Waals surface area contributed by atoms with Gasteiger partial charge < -0.3 is 9.73 Å². The second-order valence-corrected chi connectivity index (χ2v) is 12.1. The van der Waals surface area contributed by atoms with Crippen LogP contribution in [0.1, 0.15) is 33.1 Å². The van der Waals surface area contributed by atoms with Crippen molar-refractivity contribution in [3.63, 3.8) is 0 Å². The van der Waals surface area contributed by atoms with Crippen LogP contribution < -0.4 is 5.43 Å². The van der Waals surface area contributed by atoms with Crippen molar-refractivity contribution < 1.29 is 23.9 Å². The first-order valence-corrected chi connectivity index (χ1v) is 12.7. The van der Waals surface area contributed by atoms with Crippen molar-refractivity contribution in [2.24, 2.45) is 0 Å². The van der Waals surface area contributed by atoms with E-state index in [0.29, 0.717) is 13.0 Å². The maximum atomic E-state index is 12.4. The minimum absolute atomic E-state index is 0.115. The van der Waals surface area contributed by atoms with Crippen LogP contribution in [-0.2, 0) is 19.0 Å². The van der Waals surface area contributed by atoms with Crippen LogP contribution in [-0.4, -0.2) is 50.5 Å². The van der Waals surface area contributed by atoms with Crippen molar-refractivity contribution in [3.8, 4) is 0 Å². The summed E-state index contributed by atoms with van der Waals surface area (Å²) in [5.41, 5.74) is 2.61. The molecule has 1 unspecified atom stereocenters. The van der Waals surface area contributed by atoms with Gasteiger partial charge in [-0.25, -0.2) is 9.78 Å². The zero-order valence-electron chi connectivity index (χ0n) is 15.3. The van der Waals surface area contributed by atoms with Gasteiger partial charge >= 0.3 is 5.97 Å². The molecule has 1 aromatic heterocycles. The molecule has 1 aromatic rings. The van der Waals surface area contributed by atoms with Gasteiger partial charge in [-0.15, -0.1) is 0 Å². The molecule has 0 spiro atoms. The summed E-state index contributed by atoms with van der Waals surface area (Å²) in [4.78, 5) is 42.3. The minimum Gasteiger partial charge on any atom is -0.344 e. The molecule has 0 aromatic carbocycles. The van der Waals surface area contributed by atoms with Gasteiger partial charge in [0.15, 0.2) is 0 Å². The SMILES string of the molecule is CC(C)(CCP(=O)(O)CCC(=O)ON1NCCC1=O)SSc1ccccn1. The molecule has 11 heteroatoms. The van der Waals surface area contributed by atoms with Crippen LogP contribution in [0.4, 0.5) is 0 Å². The van der Waals surface area contributed by atoms with E-state index in [1.54, 1.807) is 17.0 Å². The number of carbonyl (C=O) groups is 2. The van der Waals surface area contributed by atoms with Crippen LogP contribution in [0.15, 0.2) is 29.4 Å². The molecule has 1 aliphatic heterocycles. The number of nitrogens with one attached hydrogen (secondary N) is 1. The van der Waals surface area contributed by atoms with Gasteiger partial charge in [0.25, 0.3) is 5.91 Å². The highest BCUT2D eigenvalue weighted by Crippen LogP contribution is 2.48. The van der Waals surface area contributed by atoms with Crippen LogP contribution >= 0.6 is 29.0 Å². The molecule has 2 rings (SSSR count). The van der Waals surface area contributed by atoms with E-state index in [1.807, 2.05) is 32.0 Å². The van der Waals surface area contributed by atoms with Crippen LogP contribution in [0, 0.1) is 0 Å². The maximum absolute atomic E-state index is 12.4. The summed E-state index contributed by atoms with van der Waals surface area (Å²) in [5, 5.41) is 1.68. The third kappa shape index (κ3) is 8.23. The van der Waals surface area contributed by atoms with Gasteiger partial charge in [0.2, 0.25) is 7.37 Å². The number of pyridine rings is 1. The summed E-state index contributed by atoms with van der Waals surface area (Å²) in [6, 6.07) is 5.67. The molecule has 0 saturated carbocycles. The summed E-state index contributed by atoms with van der Waals surface area (Å²) < 4.78 is 12.1. The molecule has 1 atom stereocenters. The topological polar surface area (TPSA) is 109 Å². The first-order chi connectivity index (χ1) is 12.7. The van der Waals surface area contributed by atoms with E-state index in [0.717, 1.165) is 10.2 Å². The van der Waals surface area contributed by atoms with Crippen LogP contribution in [0.5, 0.6) is 0 Å². The Labute approximate surface area is 166 Å². The number of nitrogens with zero attached hydrogens (tertiary/aromatic N) is 2. The number of amides is 1. The van der Waals surface area contributed by atoms with E-state index in [2.05, 4.69) is 10.4 Å². The fourth-order valence-electron chi connectivity index (χ4n) is 2.10. The predicted octanol–water partition coefficient (Wildman–Crippen LogP) is 2.85. The van der Waals surface area contributed by atoms with Gasteiger partial charge in [0.05, 0.1) is 6.42 Å². The van der Waals surface area contributed by atoms with Crippen molar-refractivity contribution in [1.82, 2.24) is 15.6 Å². The molecular weight excluding hydrogens is 409 g/mol. The van der Waals surface area contributed by atoms with Crippen molar-refractivity contribution in [2.75, 3.05) is 18.9 Å². The van der Waals surface area contributed by atoms with E-state index in [4.69, 9.17) is 4.84 Å². The predicted molar refractivity (Wildman–Crippen MR) is 106 cm³/mol. The molecule has 0 aliphatic carbocycles. The average molecular weight is 433 g/mol. The Hall–Kier alpha value is -1.06. The Kier molecular flexibility index (Phi) is 8.18. The molecule has 1 fully saturated rings.